The minimum Gasteiger partial charge on any atom is -0.373 e. The van der Waals surface area contributed by atoms with Gasteiger partial charge < -0.3 is 15.4 Å². The molecule has 50 heavy (non-hydrogen) atoms. The zero-order valence-electron chi connectivity index (χ0n) is 32.6. The molecule has 2 saturated heterocycles. The Kier molecular flexibility index (Phi) is 11.2. The Labute approximate surface area is 301 Å². The van der Waals surface area contributed by atoms with Crippen molar-refractivity contribution in [2.24, 2.45) is 57.0 Å². The molecule has 9 nitrogen and oxygen atoms in total. The molecular formula is C41H67N3O6. The van der Waals surface area contributed by atoms with Gasteiger partial charge in [0, 0.05) is 62.7 Å². The number of Topliss-reactive ketones (excluding diaryl/α,β-unsaturated/α-hetero) is 3. The number of likely N-dealkylation sites (tertiary alicyclic amines) is 1. The van der Waals surface area contributed by atoms with E-state index in [0.717, 1.165) is 58.2 Å². The van der Waals surface area contributed by atoms with Gasteiger partial charge in [-0.25, -0.2) is 0 Å². The van der Waals surface area contributed by atoms with Crippen molar-refractivity contribution in [3.05, 3.63) is 0 Å². The van der Waals surface area contributed by atoms with Crippen molar-refractivity contribution in [2.75, 3.05) is 26.2 Å². The quantitative estimate of drug-likeness (QED) is 0.208. The SMILES string of the molecule is CC(C)[C@H](CC(=O)C[C@H](C(=O)N1C[C@]2(C[C@H]1C(=O)CC(CC1CCC1)C(=O)C(N)=O)C(C)(C)C21CCC1)C(C)(C)C)CN1C[C@H](C)O[C@@H](C)C1. The van der Waals surface area contributed by atoms with E-state index in [4.69, 9.17) is 10.5 Å². The van der Waals surface area contributed by atoms with Crippen LogP contribution in [-0.4, -0.2) is 83.4 Å². The van der Waals surface area contributed by atoms with Crippen LogP contribution in [0.15, 0.2) is 0 Å². The van der Waals surface area contributed by atoms with E-state index < -0.39 is 35.0 Å². The maximum atomic E-state index is 14.9. The fraction of sp³-hybridized carbons (Fsp3) is 0.878. The number of hydrogen-bond acceptors (Lipinski definition) is 7. The lowest BCUT2D eigenvalue weighted by Crippen LogP contribution is -2.48. The Morgan fingerprint density at radius 2 is 1.52 bits per heavy atom. The molecule has 2 aliphatic heterocycles. The van der Waals surface area contributed by atoms with Gasteiger partial charge in [-0.3, -0.25) is 28.9 Å². The van der Waals surface area contributed by atoms with E-state index >= 15 is 0 Å². The molecule has 2 spiro atoms. The van der Waals surface area contributed by atoms with Gasteiger partial charge >= 0.3 is 0 Å². The van der Waals surface area contributed by atoms with Crippen LogP contribution in [0.1, 0.15) is 133 Å². The van der Waals surface area contributed by atoms with Gasteiger partial charge in [0.2, 0.25) is 11.7 Å². The largest absolute Gasteiger partial charge is 0.373 e. The van der Waals surface area contributed by atoms with Crippen molar-refractivity contribution in [3.8, 4) is 0 Å². The predicted octanol–water partition coefficient (Wildman–Crippen LogP) is 6.00. The molecule has 2 N–H and O–H groups in total. The molecule has 9 heteroatoms. The fourth-order valence-corrected chi connectivity index (χ4v) is 11.0. The van der Waals surface area contributed by atoms with Gasteiger partial charge in [-0.2, -0.15) is 0 Å². The second-order valence-electron chi connectivity index (χ2n) is 19.3. The number of ketones is 3. The zero-order chi connectivity index (χ0) is 37.0. The van der Waals surface area contributed by atoms with Crippen LogP contribution < -0.4 is 5.73 Å². The monoisotopic (exact) mass is 698 g/mol. The number of morpholine rings is 1. The molecule has 282 valence electrons. The van der Waals surface area contributed by atoms with Gasteiger partial charge in [0.05, 0.1) is 18.2 Å². The Bertz CT molecular complexity index is 1320. The van der Waals surface area contributed by atoms with Crippen molar-refractivity contribution in [3.63, 3.8) is 0 Å². The number of carbonyl (C=O) groups is 5. The van der Waals surface area contributed by atoms with E-state index in [9.17, 15) is 24.0 Å². The molecule has 0 aromatic carbocycles. The molecule has 0 aromatic heterocycles. The molecule has 3 saturated carbocycles. The van der Waals surface area contributed by atoms with Crippen molar-refractivity contribution in [2.45, 2.75) is 151 Å². The van der Waals surface area contributed by atoms with Crippen LogP contribution in [0, 0.1) is 51.2 Å². The summed E-state index contributed by atoms with van der Waals surface area (Å²) in [5, 5.41) is 0. The van der Waals surface area contributed by atoms with Gasteiger partial charge in [-0.1, -0.05) is 74.1 Å². The number of fused-ring (bicyclic) bond motifs is 1. The summed E-state index contributed by atoms with van der Waals surface area (Å²) >= 11 is 0. The van der Waals surface area contributed by atoms with Gasteiger partial charge in [0.15, 0.2) is 5.78 Å². The third-order valence-electron chi connectivity index (χ3n) is 14.6. The zero-order valence-corrected chi connectivity index (χ0v) is 32.6. The smallest absolute Gasteiger partial charge is 0.285 e. The van der Waals surface area contributed by atoms with Gasteiger partial charge in [-0.15, -0.1) is 0 Å². The summed E-state index contributed by atoms with van der Waals surface area (Å²) in [5.41, 5.74) is 4.93. The highest BCUT2D eigenvalue weighted by atomic mass is 16.5. The van der Waals surface area contributed by atoms with Crippen molar-refractivity contribution >= 4 is 29.2 Å². The Morgan fingerprint density at radius 1 is 0.900 bits per heavy atom. The third kappa shape index (κ3) is 7.25. The Balaban J connectivity index is 1.36. The van der Waals surface area contributed by atoms with E-state index in [2.05, 4.69) is 46.4 Å². The molecule has 5 fully saturated rings. The molecule has 2 heterocycles. The lowest BCUT2D eigenvalue weighted by atomic mass is 9.73. The van der Waals surface area contributed by atoms with E-state index in [1.807, 2.05) is 25.7 Å². The highest BCUT2D eigenvalue weighted by molar-refractivity contribution is 6.36. The molecular weight excluding hydrogens is 630 g/mol. The first-order chi connectivity index (χ1) is 23.2. The number of nitrogens with two attached hydrogens (primary N) is 1. The first-order valence-corrected chi connectivity index (χ1v) is 19.8. The van der Waals surface area contributed by atoms with E-state index in [0.29, 0.717) is 37.6 Å². The second kappa shape index (κ2) is 14.4. The Morgan fingerprint density at radius 3 is 1.98 bits per heavy atom. The van der Waals surface area contributed by atoms with Crippen LogP contribution in [-0.2, 0) is 28.7 Å². The lowest BCUT2D eigenvalue weighted by Gasteiger charge is -2.38. The number of carbonyl (C=O) groups excluding carboxylic acids is 5. The third-order valence-corrected chi connectivity index (χ3v) is 14.6. The van der Waals surface area contributed by atoms with Crippen LogP contribution in [0.4, 0.5) is 0 Å². The first kappa shape index (κ1) is 39.1. The normalized spacial score (nSPS) is 30.8. The minimum atomic E-state index is -0.988. The highest BCUT2D eigenvalue weighted by Crippen LogP contribution is 2.88. The summed E-state index contributed by atoms with van der Waals surface area (Å²) in [4.78, 5) is 72.6. The summed E-state index contributed by atoms with van der Waals surface area (Å²) in [6.07, 6.45) is 8.33. The molecule has 0 radical (unpaired) electrons. The van der Waals surface area contributed by atoms with Crippen molar-refractivity contribution in [1.82, 2.24) is 9.80 Å². The van der Waals surface area contributed by atoms with Crippen LogP contribution in [0.3, 0.4) is 0 Å². The topological polar surface area (TPSA) is 127 Å². The van der Waals surface area contributed by atoms with E-state index in [1.54, 1.807) is 0 Å². The summed E-state index contributed by atoms with van der Waals surface area (Å²) in [6, 6.07) is -0.667. The summed E-state index contributed by atoms with van der Waals surface area (Å²) in [6.45, 7) is 22.2. The first-order valence-electron chi connectivity index (χ1n) is 19.8. The molecule has 1 unspecified atom stereocenters. The molecule has 5 rings (SSSR count). The van der Waals surface area contributed by atoms with Crippen LogP contribution in [0.2, 0.25) is 0 Å². The summed E-state index contributed by atoms with van der Waals surface area (Å²) < 4.78 is 5.94. The number of rotatable bonds is 15. The van der Waals surface area contributed by atoms with Gasteiger partial charge in [-0.05, 0) is 73.5 Å². The number of primary amides is 1. The standard InChI is InChI=1S/C41H67N3O6/c1-25(2)30(23-43-21-26(3)50-27(4)22-43)17-31(45)19-32(38(5,6)7)37(49)44-24-41(39(8,9)40(41)14-11-15-40)20-33(44)34(46)18-29(35(47)36(42)48)16-28-12-10-13-28/h25-30,32-33H,10-24H2,1-9H3,(H2,42,48)/t26-,27-,29?,30+,32+,33-,41+/m0/s1. The molecule has 3 aliphatic carbocycles. The van der Waals surface area contributed by atoms with Crippen molar-refractivity contribution < 1.29 is 28.7 Å². The molecule has 0 bridgehead atoms. The number of amides is 2. The highest BCUT2D eigenvalue weighted by Gasteiger charge is 2.85. The maximum absolute atomic E-state index is 14.9. The average molecular weight is 698 g/mol. The van der Waals surface area contributed by atoms with Crippen LogP contribution >= 0.6 is 0 Å². The Hall–Kier alpha value is -2.13. The van der Waals surface area contributed by atoms with E-state index in [-0.39, 0.29) is 64.7 Å². The maximum Gasteiger partial charge on any atom is 0.285 e. The minimum absolute atomic E-state index is 0.00773. The molecule has 7 atom stereocenters. The number of hydrogen-bond donors (Lipinski definition) is 1. The average Bonchev–Trinajstić information content (AvgIpc) is 3.18. The number of nitrogens with zero attached hydrogens (tertiary/aromatic N) is 2. The summed E-state index contributed by atoms with van der Waals surface area (Å²) in [7, 11) is 0. The predicted molar refractivity (Wildman–Crippen MR) is 194 cm³/mol. The molecule has 0 aromatic rings. The fourth-order valence-electron chi connectivity index (χ4n) is 11.0. The second-order valence-corrected chi connectivity index (χ2v) is 19.3. The van der Waals surface area contributed by atoms with E-state index in [1.165, 1.54) is 0 Å². The van der Waals surface area contributed by atoms with Crippen molar-refractivity contribution in [1.29, 1.82) is 0 Å². The van der Waals surface area contributed by atoms with Crippen LogP contribution in [0.5, 0.6) is 0 Å². The van der Waals surface area contributed by atoms with Gasteiger partial charge in [0.1, 0.15) is 5.78 Å². The molecule has 5 aliphatic rings. The lowest BCUT2D eigenvalue weighted by molar-refractivity contribution is -0.147. The molecule has 2 amide bonds. The van der Waals surface area contributed by atoms with Crippen LogP contribution in [0.25, 0.3) is 0 Å². The number of ether oxygens (including phenoxy) is 1. The van der Waals surface area contributed by atoms with Gasteiger partial charge in [0.25, 0.3) is 5.91 Å². The summed E-state index contributed by atoms with van der Waals surface area (Å²) in [5.74, 6) is -2.34.